The molecule has 0 unspecified atom stereocenters. The number of anilines is 1. The first-order valence-electron chi connectivity index (χ1n) is 4.84. The van der Waals surface area contributed by atoms with Crippen LogP contribution in [0, 0.1) is 0 Å². The van der Waals surface area contributed by atoms with Gasteiger partial charge in [-0.3, -0.25) is 0 Å². The van der Waals surface area contributed by atoms with E-state index in [1.807, 2.05) is 5.32 Å². The fraction of sp³-hybridized carbons (Fsp3) is 0.182. The van der Waals surface area contributed by atoms with Crippen LogP contribution >= 0.6 is 0 Å². The van der Waals surface area contributed by atoms with Crippen LogP contribution in [-0.4, -0.2) is 11.2 Å². The molecule has 0 aliphatic carbocycles. The second-order valence-corrected chi connectivity index (χ2v) is 3.51. The van der Waals surface area contributed by atoms with Gasteiger partial charge in [0.05, 0.1) is 11.3 Å². The topological polar surface area (TPSA) is 75.3 Å². The number of amides is 1. The Morgan fingerprint density at radius 3 is 2.56 bits per heavy atom. The molecule has 0 heterocycles. The molecule has 0 aromatic heterocycles. The molecule has 0 aliphatic heterocycles. The van der Waals surface area contributed by atoms with Gasteiger partial charge in [0.1, 0.15) is 0 Å². The zero-order chi connectivity index (χ0) is 13.9. The van der Waals surface area contributed by atoms with Crippen molar-refractivity contribution in [2.24, 2.45) is 0 Å². The van der Waals surface area contributed by atoms with Gasteiger partial charge in [0.15, 0.2) is 0 Å². The van der Waals surface area contributed by atoms with Crippen LogP contribution in [0.3, 0.4) is 0 Å². The smallest absolute Gasteiger partial charge is 0.418 e. The molecule has 1 rings (SSSR count). The summed E-state index contributed by atoms with van der Waals surface area (Å²) in [6.45, 7) is 3.13. The van der Waals surface area contributed by atoms with Gasteiger partial charge >= 0.3 is 12.3 Å². The van der Waals surface area contributed by atoms with Crippen molar-refractivity contribution < 1.29 is 23.1 Å². The number of benzene rings is 1. The highest BCUT2D eigenvalue weighted by Gasteiger charge is 2.34. The highest BCUT2D eigenvalue weighted by atomic mass is 19.4. The Morgan fingerprint density at radius 2 is 2.11 bits per heavy atom. The van der Waals surface area contributed by atoms with Gasteiger partial charge in [-0.15, -0.1) is 0 Å². The van der Waals surface area contributed by atoms with E-state index in [4.69, 9.17) is 10.8 Å². The van der Waals surface area contributed by atoms with E-state index < -0.39 is 23.5 Å². The van der Waals surface area contributed by atoms with E-state index in [0.29, 0.717) is 0 Å². The summed E-state index contributed by atoms with van der Waals surface area (Å²) >= 11 is 0. The molecule has 18 heavy (non-hydrogen) atoms. The quantitative estimate of drug-likeness (QED) is 0.731. The lowest BCUT2D eigenvalue weighted by molar-refractivity contribution is -0.137. The number of hydrogen-bond acceptors (Lipinski definition) is 2. The molecule has 0 atom stereocenters. The Bertz CT molecular complexity index is 484. The summed E-state index contributed by atoms with van der Waals surface area (Å²) in [6.07, 6.45) is -4.73. The van der Waals surface area contributed by atoms with E-state index >= 15 is 0 Å². The summed E-state index contributed by atoms with van der Waals surface area (Å²) in [5, 5.41) is 10.4. The van der Waals surface area contributed by atoms with Crippen molar-refractivity contribution in [2.75, 3.05) is 5.73 Å². The molecule has 98 valence electrons. The first kappa shape index (κ1) is 13.9. The molecule has 1 aromatic rings. The molecule has 0 bridgehead atoms. The van der Waals surface area contributed by atoms with E-state index in [-0.39, 0.29) is 17.7 Å². The number of carboxylic acid groups (broad SMARTS) is 1. The van der Waals surface area contributed by atoms with E-state index in [9.17, 15) is 18.0 Å². The maximum atomic E-state index is 12.7. The van der Waals surface area contributed by atoms with Crippen LogP contribution < -0.4 is 11.1 Å². The standard InChI is InChI=1S/C11H11F3N2O2/c1-2-7-3-6(5-16-10(17)18)4-8(9(7)15)11(12,13)14/h2-4,16H,1,5,15H2,(H,17,18). The molecule has 0 radical (unpaired) electrons. The maximum absolute atomic E-state index is 12.7. The number of carbonyl (C=O) groups is 1. The zero-order valence-corrected chi connectivity index (χ0v) is 9.21. The zero-order valence-electron chi connectivity index (χ0n) is 9.21. The van der Waals surface area contributed by atoms with Gasteiger partial charge in [-0.25, -0.2) is 4.79 Å². The predicted octanol–water partition coefficient (Wildman–Crippen LogP) is 2.70. The predicted molar refractivity (Wildman–Crippen MR) is 60.8 cm³/mol. The summed E-state index contributed by atoms with van der Waals surface area (Å²) in [5.74, 6) is 0. The van der Waals surface area contributed by atoms with Gasteiger partial charge < -0.3 is 16.2 Å². The normalized spacial score (nSPS) is 11.1. The van der Waals surface area contributed by atoms with Gasteiger partial charge in [-0.05, 0) is 23.3 Å². The Morgan fingerprint density at radius 1 is 1.50 bits per heavy atom. The Balaban J connectivity index is 3.22. The van der Waals surface area contributed by atoms with Crippen LogP contribution in [0.5, 0.6) is 0 Å². The minimum absolute atomic E-state index is 0.118. The van der Waals surface area contributed by atoms with Gasteiger partial charge in [0.25, 0.3) is 0 Å². The van der Waals surface area contributed by atoms with Crippen LogP contribution in [0.25, 0.3) is 6.08 Å². The van der Waals surface area contributed by atoms with Crippen LogP contribution in [-0.2, 0) is 12.7 Å². The third-order valence-electron chi connectivity index (χ3n) is 2.24. The van der Waals surface area contributed by atoms with Gasteiger partial charge in [-0.2, -0.15) is 13.2 Å². The monoisotopic (exact) mass is 260 g/mol. The van der Waals surface area contributed by atoms with Gasteiger partial charge in [0.2, 0.25) is 0 Å². The van der Waals surface area contributed by atoms with Crippen LogP contribution in [0.15, 0.2) is 18.7 Å². The average molecular weight is 260 g/mol. The molecule has 0 aliphatic rings. The van der Waals surface area contributed by atoms with E-state index in [2.05, 4.69) is 6.58 Å². The highest BCUT2D eigenvalue weighted by molar-refractivity contribution is 5.69. The summed E-state index contributed by atoms with van der Waals surface area (Å²) in [6, 6.07) is 2.17. The van der Waals surface area contributed by atoms with Crippen molar-refractivity contribution in [3.05, 3.63) is 35.4 Å². The highest BCUT2D eigenvalue weighted by Crippen LogP contribution is 2.36. The average Bonchev–Trinajstić information content (AvgIpc) is 2.25. The first-order chi connectivity index (χ1) is 8.25. The molecule has 4 N–H and O–H groups in total. The number of alkyl halides is 3. The van der Waals surface area contributed by atoms with Crippen molar-refractivity contribution in [3.63, 3.8) is 0 Å². The van der Waals surface area contributed by atoms with Crippen molar-refractivity contribution in [2.45, 2.75) is 12.7 Å². The molecule has 1 amide bonds. The summed E-state index contributed by atoms with van der Waals surface area (Å²) in [7, 11) is 0. The largest absolute Gasteiger partial charge is 0.465 e. The summed E-state index contributed by atoms with van der Waals surface area (Å²) < 4.78 is 38.1. The van der Waals surface area contributed by atoms with Gasteiger partial charge in [0, 0.05) is 6.54 Å². The number of rotatable bonds is 3. The lowest BCUT2D eigenvalue weighted by Crippen LogP contribution is -2.21. The number of nitrogen functional groups attached to an aromatic ring is 1. The van der Waals surface area contributed by atoms with Crippen molar-refractivity contribution in [3.8, 4) is 0 Å². The van der Waals surface area contributed by atoms with Crippen molar-refractivity contribution >= 4 is 17.9 Å². The van der Waals surface area contributed by atoms with Gasteiger partial charge in [-0.1, -0.05) is 12.7 Å². The molecule has 0 spiro atoms. The van der Waals surface area contributed by atoms with Crippen LogP contribution in [0.1, 0.15) is 16.7 Å². The number of nitrogens with two attached hydrogens (primary N) is 1. The van der Waals surface area contributed by atoms with Crippen molar-refractivity contribution in [1.29, 1.82) is 0 Å². The minimum atomic E-state index is -4.60. The Hall–Kier alpha value is -2.18. The molecule has 0 saturated carbocycles. The Kier molecular flexibility index (Phi) is 3.85. The lowest BCUT2D eigenvalue weighted by atomic mass is 10.0. The lowest BCUT2D eigenvalue weighted by Gasteiger charge is -2.14. The van der Waals surface area contributed by atoms with E-state index in [1.165, 1.54) is 12.1 Å². The fourth-order valence-corrected chi connectivity index (χ4v) is 1.42. The fourth-order valence-electron chi connectivity index (χ4n) is 1.42. The first-order valence-corrected chi connectivity index (χ1v) is 4.84. The second kappa shape index (κ2) is 4.99. The number of nitrogens with one attached hydrogen (secondary N) is 1. The molecular weight excluding hydrogens is 249 g/mol. The molecule has 4 nitrogen and oxygen atoms in total. The summed E-state index contributed by atoms with van der Waals surface area (Å²) in [4.78, 5) is 10.3. The molecule has 7 heteroatoms. The molecule has 0 saturated heterocycles. The molecular formula is C11H11F3N2O2. The minimum Gasteiger partial charge on any atom is -0.465 e. The summed E-state index contributed by atoms with van der Waals surface area (Å²) in [5.41, 5.74) is 4.24. The van der Waals surface area contributed by atoms with E-state index in [1.54, 1.807) is 0 Å². The third kappa shape index (κ3) is 3.16. The second-order valence-electron chi connectivity index (χ2n) is 3.51. The number of hydrogen-bond donors (Lipinski definition) is 3. The Labute approximate surface area is 101 Å². The molecule has 0 fully saturated rings. The van der Waals surface area contributed by atoms with E-state index in [0.717, 1.165) is 6.07 Å². The number of halogens is 3. The van der Waals surface area contributed by atoms with Crippen molar-refractivity contribution in [1.82, 2.24) is 5.32 Å². The van der Waals surface area contributed by atoms with Crippen LogP contribution in [0.2, 0.25) is 0 Å². The van der Waals surface area contributed by atoms with Crippen LogP contribution in [0.4, 0.5) is 23.7 Å². The maximum Gasteiger partial charge on any atom is 0.418 e. The third-order valence-corrected chi connectivity index (χ3v) is 2.24. The SMILES string of the molecule is C=Cc1cc(CNC(=O)O)cc(C(F)(F)F)c1N. The molecule has 1 aromatic carbocycles.